The SMILES string of the molecule is O=C(c1ccc(Cl)cc1Br)N(CC1CCOC1)C1CC1. The first-order valence-corrected chi connectivity index (χ1v) is 8.16. The average molecular weight is 359 g/mol. The predicted molar refractivity (Wildman–Crippen MR) is 82.1 cm³/mol. The molecule has 3 nitrogen and oxygen atoms in total. The maximum absolute atomic E-state index is 12.8. The van der Waals surface area contributed by atoms with Gasteiger partial charge in [-0.15, -0.1) is 0 Å². The van der Waals surface area contributed by atoms with Crippen LogP contribution in [0.5, 0.6) is 0 Å². The number of carbonyl (C=O) groups is 1. The van der Waals surface area contributed by atoms with Crippen LogP contribution in [0.2, 0.25) is 5.02 Å². The third-order valence-corrected chi connectivity index (χ3v) is 4.78. The molecule has 0 aromatic heterocycles. The van der Waals surface area contributed by atoms with Crippen LogP contribution in [0.15, 0.2) is 22.7 Å². The molecule has 3 rings (SSSR count). The second-order valence-electron chi connectivity index (χ2n) is 5.54. The molecule has 2 fully saturated rings. The molecule has 1 saturated heterocycles. The molecule has 1 aliphatic heterocycles. The van der Waals surface area contributed by atoms with Gasteiger partial charge in [0.2, 0.25) is 0 Å². The Morgan fingerprint density at radius 1 is 1.40 bits per heavy atom. The number of hydrogen-bond donors (Lipinski definition) is 0. The summed E-state index contributed by atoms with van der Waals surface area (Å²) in [6.45, 7) is 2.40. The summed E-state index contributed by atoms with van der Waals surface area (Å²) in [6.07, 6.45) is 3.29. The van der Waals surface area contributed by atoms with Gasteiger partial charge in [-0.2, -0.15) is 0 Å². The van der Waals surface area contributed by atoms with Crippen LogP contribution in [-0.4, -0.2) is 36.6 Å². The summed E-state index contributed by atoms with van der Waals surface area (Å²) >= 11 is 9.38. The fraction of sp³-hybridized carbons (Fsp3) is 0.533. The standard InChI is InChI=1S/C15H17BrClNO2/c16-14-7-11(17)1-4-13(14)15(19)18(12-2-3-12)8-10-5-6-20-9-10/h1,4,7,10,12H,2-3,5-6,8-9H2. The van der Waals surface area contributed by atoms with E-state index in [9.17, 15) is 4.79 Å². The number of hydrogen-bond acceptors (Lipinski definition) is 2. The van der Waals surface area contributed by atoms with Crippen LogP contribution < -0.4 is 0 Å². The minimum absolute atomic E-state index is 0.0999. The zero-order valence-corrected chi connectivity index (χ0v) is 13.5. The molecule has 1 atom stereocenters. The van der Waals surface area contributed by atoms with E-state index < -0.39 is 0 Å². The molecule has 20 heavy (non-hydrogen) atoms. The molecule has 1 aliphatic carbocycles. The fourth-order valence-electron chi connectivity index (χ4n) is 2.61. The van der Waals surface area contributed by atoms with E-state index in [1.54, 1.807) is 18.2 Å². The van der Waals surface area contributed by atoms with Crippen molar-refractivity contribution in [2.45, 2.75) is 25.3 Å². The van der Waals surface area contributed by atoms with E-state index in [-0.39, 0.29) is 5.91 Å². The third-order valence-electron chi connectivity index (χ3n) is 3.89. The van der Waals surface area contributed by atoms with Crippen molar-refractivity contribution < 1.29 is 9.53 Å². The molecule has 0 bridgehead atoms. The van der Waals surface area contributed by atoms with E-state index in [2.05, 4.69) is 15.9 Å². The van der Waals surface area contributed by atoms with Gasteiger partial charge in [0.25, 0.3) is 5.91 Å². The maximum atomic E-state index is 12.8. The van der Waals surface area contributed by atoms with Gasteiger partial charge in [0.05, 0.1) is 12.2 Å². The van der Waals surface area contributed by atoms with Gasteiger partial charge < -0.3 is 9.64 Å². The lowest BCUT2D eigenvalue weighted by atomic mass is 10.1. The summed E-state index contributed by atoms with van der Waals surface area (Å²) in [7, 11) is 0. The summed E-state index contributed by atoms with van der Waals surface area (Å²) in [5.74, 6) is 0.577. The van der Waals surface area contributed by atoms with E-state index in [1.807, 2.05) is 4.90 Å². The minimum Gasteiger partial charge on any atom is -0.381 e. The summed E-state index contributed by atoms with van der Waals surface area (Å²) in [4.78, 5) is 14.8. The summed E-state index contributed by atoms with van der Waals surface area (Å²) in [5.41, 5.74) is 0.695. The Bertz CT molecular complexity index is 513. The van der Waals surface area contributed by atoms with Crippen LogP contribution in [0.25, 0.3) is 0 Å². The predicted octanol–water partition coefficient (Wildman–Crippen LogP) is 3.74. The van der Waals surface area contributed by atoms with E-state index in [0.29, 0.717) is 22.5 Å². The van der Waals surface area contributed by atoms with Gasteiger partial charge in [-0.1, -0.05) is 11.6 Å². The van der Waals surface area contributed by atoms with Crippen molar-refractivity contribution in [3.63, 3.8) is 0 Å². The first-order chi connectivity index (χ1) is 9.65. The highest BCUT2D eigenvalue weighted by molar-refractivity contribution is 9.10. The van der Waals surface area contributed by atoms with Gasteiger partial charge in [0.15, 0.2) is 0 Å². The topological polar surface area (TPSA) is 29.5 Å². The van der Waals surface area contributed by atoms with Crippen molar-refractivity contribution in [2.24, 2.45) is 5.92 Å². The van der Waals surface area contributed by atoms with Crippen LogP contribution in [0.3, 0.4) is 0 Å². The van der Waals surface area contributed by atoms with E-state index in [0.717, 1.165) is 43.5 Å². The van der Waals surface area contributed by atoms with Crippen molar-refractivity contribution in [3.05, 3.63) is 33.3 Å². The molecule has 2 aliphatic rings. The van der Waals surface area contributed by atoms with Gasteiger partial charge in [-0.05, 0) is 53.4 Å². The lowest BCUT2D eigenvalue weighted by molar-refractivity contribution is 0.0705. The number of rotatable bonds is 4. The largest absolute Gasteiger partial charge is 0.381 e. The number of amides is 1. The highest BCUT2D eigenvalue weighted by Crippen LogP contribution is 2.32. The molecule has 108 valence electrons. The Morgan fingerprint density at radius 3 is 2.80 bits per heavy atom. The molecule has 1 unspecified atom stereocenters. The first kappa shape index (κ1) is 14.4. The number of ether oxygens (including phenoxy) is 1. The van der Waals surface area contributed by atoms with Crippen molar-refractivity contribution in [2.75, 3.05) is 19.8 Å². The lowest BCUT2D eigenvalue weighted by Crippen LogP contribution is -2.37. The second kappa shape index (κ2) is 6.04. The van der Waals surface area contributed by atoms with Gasteiger partial charge in [0.1, 0.15) is 0 Å². The van der Waals surface area contributed by atoms with Gasteiger partial charge in [0, 0.05) is 34.6 Å². The fourth-order valence-corrected chi connectivity index (χ4v) is 3.46. The molecule has 1 aromatic carbocycles. The molecule has 1 saturated carbocycles. The molecule has 0 N–H and O–H groups in total. The Hall–Kier alpha value is -0.580. The highest BCUT2D eigenvalue weighted by Gasteiger charge is 2.35. The molecule has 5 heteroatoms. The Kier molecular flexibility index (Phi) is 4.34. The Morgan fingerprint density at radius 2 is 2.20 bits per heavy atom. The average Bonchev–Trinajstić information content (AvgIpc) is 3.12. The molecule has 1 amide bonds. The quantitative estimate of drug-likeness (QED) is 0.820. The zero-order valence-electron chi connectivity index (χ0n) is 11.1. The Labute approximate surface area is 132 Å². The third kappa shape index (κ3) is 3.18. The summed E-state index contributed by atoms with van der Waals surface area (Å²) in [5, 5.41) is 0.635. The van der Waals surface area contributed by atoms with Crippen LogP contribution in [0.1, 0.15) is 29.6 Å². The van der Waals surface area contributed by atoms with E-state index >= 15 is 0 Å². The summed E-state index contributed by atoms with van der Waals surface area (Å²) < 4.78 is 6.19. The van der Waals surface area contributed by atoms with Crippen molar-refractivity contribution in [1.29, 1.82) is 0 Å². The normalized spacial score (nSPS) is 22.0. The van der Waals surface area contributed by atoms with Crippen molar-refractivity contribution in [3.8, 4) is 0 Å². The number of halogens is 2. The van der Waals surface area contributed by atoms with Crippen molar-refractivity contribution in [1.82, 2.24) is 4.90 Å². The number of benzene rings is 1. The van der Waals surface area contributed by atoms with Gasteiger partial charge in [-0.25, -0.2) is 0 Å². The summed E-state index contributed by atoms with van der Waals surface area (Å²) in [6, 6.07) is 5.75. The lowest BCUT2D eigenvalue weighted by Gasteiger charge is -2.25. The molecule has 0 radical (unpaired) electrons. The van der Waals surface area contributed by atoms with Crippen LogP contribution in [-0.2, 0) is 4.74 Å². The molecular formula is C15H17BrClNO2. The minimum atomic E-state index is 0.0999. The first-order valence-electron chi connectivity index (χ1n) is 6.99. The zero-order chi connectivity index (χ0) is 14.1. The molecular weight excluding hydrogens is 342 g/mol. The monoisotopic (exact) mass is 357 g/mol. The van der Waals surface area contributed by atoms with Crippen LogP contribution in [0, 0.1) is 5.92 Å². The molecule has 1 aromatic rings. The smallest absolute Gasteiger partial charge is 0.255 e. The second-order valence-corrected chi connectivity index (χ2v) is 6.83. The molecule has 1 heterocycles. The van der Waals surface area contributed by atoms with Crippen LogP contribution in [0.4, 0.5) is 0 Å². The highest BCUT2D eigenvalue weighted by atomic mass is 79.9. The molecule has 0 spiro atoms. The van der Waals surface area contributed by atoms with E-state index in [4.69, 9.17) is 16.3 Å². The number of carbonyl (C=O) groups excluding carboxylic acids is 1. The Balaban J connectivity index is 1.77. The number of nitrogens with zero attached hydrogens (tertiary/aromatic N) is 1. The maximum Gasteiger partial charge on any atom is 0.255 e. The van der Waals surface area contributed by atoms with Crippen LogP contribution >= 0.6 is 27.5 Å². The van der Waals surface area contributed by atoms with Crippen molar-refractivity contribution >= 4 is 33.4 Å². The van der Waals surface area contributed by atoms with Gasteiger partial charge in [-0.3, -0.25) is 4.79 Å². The van der Waals surface area contributed by atoms with Gasteiger partial charge >= 0.3 is 0 Å². The van der Waals surface area contributed by atoms with E-state index in [1.165, 1.54) is 0 Å².